The molecule has 1 fully saturated rings. The minimum atomic E-state index is -1.32. The first kappa shape index (κ1) is 10.1. The molecule has 1 heterocycles. The van der Waals surface area contributed by atoms with Gasteiger partial charge in [-0.25, -0.2) is 0 Å². The van der Waals surface area contributed by atoms with Gasteiger partial charge in [0, 0.05) is 28.2 Å². The van der Waals surface area contributed by atoms with E-state index in [2.05, 4.69) is 48.4 Å². The average molecular weight is 188 g/mol. The van der Waals surface area contributed by atoms with Gasteiger partial charge in [0.2, 0.25) is 8.40 Å². The molecule has 0 atom stereocenters. The van der Waals surface area contributed by atoms with Gasteiger partial charge >= 0.3 is 0 Å². The molecule has 0 aromatic carbocycles. The van der Waals surface area contributed by atoms with Crippen LogP contribution in [0.4, 0.5) is 0 Å². The first-order chi connectivity index (χ1) is 5.54. The molecular weight excluding hydrogens is 168 g/mol. The Balaban J connectivity index is 2.39. The van der Waals surface area contributed by atoms with Gasteiger partial charge in [0.15, 0.2) is 0 Å². The summed E-state index contributed by atoms with van der Waals surface area (Å²) in [4.78, 5) is 0. The number of rotatable bonds is 4. The lowest BCUT2D eigenvalue weighted by Crippen LogP contribution is -2.72. The van der Waals surface area contributed by atoms with Crippen molar-refractivity contribution < 1.29 is 0 Å². The second kappa shape index (κ2) is 3.84. The second-order valence-corrected chi connectivity index (χ2v) is 7.56. The van der Waals surface area contributed by atoms with E-state index >= 15 is 0 Å². The van der Waals surface area contributed by atoms with E-state index < -0.39 is 8.40 Å². The Morgan fingerprint density at radius 2 is 1.33 bits per heavy atom. The quantitative estimate of drug-likeness (QED) is 0.479. The number of hydrogen-bond donors (Lipinski definition) is 2. The number of nitrogens with one attached hydrogen (secondary N) is 2. The number of hydrazine groups is 2. The summed E-state index contributed by atoms with van der Waals surface area (Å²) >= 11 is 0. The van der Waals surface area contributed by atoms with Gasteiger partial charge in [0.05, 0.1) is 0 Å². The molecule has 1 aliphatic rings. The fourth-order valence-electron chi connectivity index (χ4n) is 1.63. The molecular formula is C7H20N4Si. The fraction of sp³-hybridized carbons (Fsp3) is 1.00. The Labute approximate surface area is 76.0 Å². The van der Waals surface area contributed by atoms with Crippen molar-refractivity contribution >= 4 is 8.40 Å². The van der Waals surface area contributed by atoms with E-state index in [1.165, 1.54) is 18.5 Å². The molecule has 1 saturated heterocycles. The summed E-state index contributed by atoms with van der Waals surface area (Å²) in [5.41, 5.74) is 0. The maximum absolute atomic E-state index is 3.54. The van der Waals surface area contributed by atoms with Gasteiger partial charge in [-0.15, -0.1) is 0 Å². The van der Waals surface area contributed by atoms with Gasteiger partial charge in [0.1, 0.15) is 0 Å². The molecule has 0 amide bonds. The second-order valence-electron chi connectivity index (χ2n) is 3.95. The first-order valence-electron chi connectivity index (χ1n) is 4.44. The lowest BCUT2D eigenvalue weighted by Gasteiger charge is -2.43. The smallest absolute Gasteiger partial charge is 0.228 e. The molecule has 12 heavy (non-hydrogen) atoms. The van der Waals surface area contributed by atoms with Crippen molar-refractivity contribution in [3.63, 3.8) is 0 Å². The first-order valence-corrected chi connectivity index (χ1v) is 6.86. The van der Waals surface area contributed by atoms with Crippen molar-refractivity contribution in [2.45, 2.75) is 18.5 Å². The van der Waals surface area contributed by atoms with Crippen molar-refractivity contribution in [1.29, 1.82) is 0 Å². The lowest BCUT2D eigenvalue weighted by atomic mass is 10.5. The van der Waals surface area contributed by atoms with Crippen molar-refractivity contribution in [3.05, 3.63) is 0 Å². The Morgan fingerprint density at radius 3 is 1.50 bits per heavy atom. The third-order valence-electron chi connectivity index (χ3n) is 2.08. The molecule has 5 heteroatoms. The Morgan fingerprint density at radius 1 is 0.917 bits per heavy atom. The molecule has 1 rings (SSSR count). The van der Waals surface area contributed by atoms with Crippen LogP contribution in [-0.4, -0.2) is 46.6 Å². The van der Waals surface area contributed by atoms with E-state index in [0.29, 0.717) is 0 Å². The van der Waals surface area contributed by atoms with E-state index in [1.807, 2.05) is 0 Å². The average Bonchev–Trinajstić information content (AvgIpc) is 1.80. The van der Waals surface area contributed by atoms with Crippen LogP contribution >= 0.6 is 0 Å². The Hall–Kier alpha value is 0.0569. The van der Waals surface area contributed by atoms with Crippen LogP contribution in [0.3, 0.4) is 0 Å². The minimum absolute atomic E-state index is 1.32. The Bertz CT molecular complexity index is 132. The van der Waals surface area contributed by atoms with Gasteiger partial charge in [-0.3, -0.25) is 20.2 Å². The highest BCUT2D eigenvalue weighted by atomic mass is 28.3. The maximum Gasteiger partial charge on any atom is 0.228 e. The third-order valence-corrected chi connectivity index (χ3v) is 6.25. The molecule has 0 aliphatic carbocycles. The fourth-order valence-corrected chi connectivity index (χ4v) is 4.90. The standard InChI is InChI=1S/C7H20N4Si/c1-10(2)8-12(6-5-7-12)9-11(3)4/h8-9H,5-7H2,1-4H3. The van der Waals surface area contributed by atoms with E-state index in [0.717, 1.165) is 0 Å². The van der Waals surface area contributed by atoms with Gasteiger partial charge in [-0.2, -0.15) is 0 Å². The topological polar surface area (TPSA) is 30.5 Å². The van der Waals surface area contributed by atoms with Crippen molar-refractivity contribution in [3.8, 4) is 0 Å². The number of hydrogen-bond acceptors (Lipinski definition) is 4. The molecule has 4 nitrogen and oxygen atoms in total. The van der Waals surface area contributed by atoms with E-state index in [-0.39, 0.29) is 0 Å². The summed E-state index contributed by atoms with van der Waals surface area (Å²) < 4.78 is 0. The predicted octanol–water partition coefficient (Wildman–Crippen LogP) is -0.0353. The molecule has 0 spiro atoms. The van der Waals surface area contributed by atoms with Gasteiger partial charge < -0.3 is 0 Å². The molecule has 0 radical (unpaired) electrons. The SMILES string of the molecule is CN(C)N[Si]1(NN(C)C)CCC1. The summed E-state index contributed by atoms with van der Waals surface area (Å²) in [6.07, 6.45) is 1.37. The van der Waals surface area contributed by atoms with E-state index in [9.17, 15) is 0 Å². The highest BCUT2D eigenvalue weighted by molar-refractivity contribution is 6.77. The van der Waals surface area contributed by atoms with Crippen LogP contribution in [0.5, 0.6) is 0 Å². The van der Waals surface area contributed by atoms with Crippen LogP contribution in [0.2, 0.25) is 12.1 Å². The van der Waals surface area contributed by atoms with Gasteiger partial charge in [-0.05, 0) is 12.1 Å². The summed E-state index contributed by atoms with van der Waals surface area (Å²) in [6.45, 7) is 0. The van der Waals surface area contributed by atoms with Gasteiger partial charge in [-0.1, -0.05) is 6.42 Å². The predicted molar refractivity (Wildman–Crippen MR) is 53.6 cm³/mol. The third kappa shape index (κ3) is 2.53. The molecule has 0 aromatic heterocycles. The van der Waals surface area contributed by atoms with Crippen LogP contribution in [-0.2, 0) is 0 Å². The largest absolute Gasteiger partial charge is 0.261 e. The minimum Gasteiger partial charge on any atom is -0.261 e. The molecule has 1 aliphatic heterocycles. The van der Waals surface area contributed by atoms with Crippen LogP contribution in [0, 0.1) is 0 Å². The molecule has 0 bridgehead atoms. The monoisotopic (exact) mass is 188 g/mol. The van der Waals surface area contributed by atoms with Crippen molar-refractivity contribution in [1.82, 2.24) is 20.2 Å². The normalized spacial score (nSPS) is 21.5. The zero-order chi connectivity index (χ0) is 9.19. The zero-order valence-electron chi connectivity index (χ0n) is 8.52. The number of nitrogens with zero attached hydrogens (tertiary/aromatic N) is 2. The highest BCUT2D eigenvalue weighted by Crippen LogP contribution is 2.27. The lowest BCUT2D eigenvalue weighted by molar-refractivity contribution is 0.302. The summed E-state index contributed by atoms with van der Waals surface area (Å²) in [5.74, 6) is 0. The van der Waals surface area contributed by atoms with E-state index in [4.69, 9.17) is 0 Å². The molecule has 0 aromatic rings. The zero-order valence-corrected chi connectivity index (χ0v) is 9.52. The summed E-state index contributed by atoms with van der Waals surface area (Å²) in [7, 11) is 6.92. The summed E-state index contributed by atoms with van der Waals surface area (Å²) in [5, 5.41) is 11.2. The van der Waals surface area contributed by atoms with Crippen LogP contribution in [0.1, 0.15) is 6.42 Å². The van der Waals surface area contributed by atoms with Crippen molar-refractivity contribution in [2.24, 2.45) is 0 Å². The van der Waals surface area contributed by atoms with Crippen molar-refractivity contribution in [2.75, 3.05) is 28.2 Å². The van der Waals surface area contributed by atoms with E-state index in [1.54, 1.807) is 0 Å². The van der Waals surface area contributed by atoms with Crippen LogP contribution in [0.15, 0.2) is 0 Å². The molecule has 2 N–H and O–H groups in total. The van der Waals surface area contributed by atoms with Crippen LogP contribution < -0.4 is 10.2 Å². The maximum atomic E-state index is 3.54. The van der Waals surface area contributed by atoms with Crippen LogP contribution in [0.25, 0.3) is 0 Å². The summed E-state index contributed by atoms with van der Waals surface area (Å²) in [6, 6.07) is 2.67. The molecule has 72 valence electrons. The molecule has 0 unspecified atom stereocenters. The Kier molecular flexibility index (Phi) is 3.25. The van der Waals surface area contributed by atoms with Gasteiger partial charge in [0.25, 0.3) is 0 Å². The molecule has 0 saturated carbocycles. The highest BCUT2D eigenvalue weighted by Gasteiger charge is 2.41.